The lowest BCUT2D eigenvalue weighted by atomic mass is 10.2. The van der Waals surface area contributed by atoms with E-state index in [1.807, 2.05) is 6.07 Å². The van der Waals surface area contributed by atoms with Crippen molar-refractivity contribution in [3.05, 3.63) is 91.7 Å². The number of carbonyl (C=O) groups excluding carboxylic acids is 1. The average molecular weight is 550 g/mol. The minimum Gasteiger partial charge on any atom is -0.477 e. The zero-order chi connectivity index (χ0) is 23.5. The predicted octanol–water partition coefficient (Wildman–Crippen LogP) is 7.03. The number of halogens is 3. The maximum absolute atomic E-state index is 12.8. The molecule has 0 aliphatic carbocycles. The van der Waals surface area contributed by atoms with Crippen molar-refractivity contribution >= 4 is 56.1 Å². The maximum atomic E-state index is 12.8. The molecule has 4 rings (SSSR count). The molecule has 4 aromatic rings. The van der Waals surface area contributed by atoms with Crippen LogP contribution in [0.1, 0.15) is 6.92 Å². The molecule has 9 heteroatoms. The summed E-state index contributed by atoms with van der Waals surface area (Å²) < 4.78 is 22.9. The van der Waals surface area contributed by atoms with Crippen molar-refractivity contribution in [1.82, 2.24) is 0 Å². The molecular formula is C24H15BrCl2O6. The zero-order valence-electron chi connectivity index (χ0n) is 17.0. The molecule has 1 aromatic heterocycles. The number of hydrogen-bond donors (Lipinski definition) is 0. The fourth-order valence-corrected chi connectivity index (χ4v) is 3.70. The lowest BCUT2D eigenvalue weighted by molar-refractivity contribution is -0.141. The van der Waals surface area contributed by atoms with Gasteiger partial charge < -0.3 is 18.6 Å². The van der Waals surface area contributed by atoms with Gasteiger partial charge in [0.2, 0.25) is 11.2 Å². The topological polar surface area (TPSA) is 75.0 Å². The Morgan fingerprint density at radius 1 is 1.00 bits per heavy atom. The molecule has 0 saturated carbocycles. The van der Waals surface area contributed by atoms with Crippen LogP contribution < -0.4 is 19.6 Å². The number of benzene rings is 3. The van der Waals surface area contributed by atoms with Crippen molar-refractivity contribution in [1.29, 1.82) is 0 Å². The molecule has 0 aliphatic rings. The van der Waals surface area contributed by atoms with Gasteiger partial charge in [0, 0.05) is 11.1 Å². The number of hydrogen-bond acceptors (Lipinski definition) is 6. The van der Waals surface area contributed by atoms with Crippen LogP contribution in [-0.2, 0) is 4.79 Å². The Morgan fingerprint density at radius 3 is 2.55 bits per heavy atom. The molecule has 1 unspecified atom stereocenters. The van der Waals surface area contributed by atoms with Crippen LogP contribution in [0, 0.1) is 0 Å². The number of carbonyl (C=O) groups is 1. The lowest BCUT2D eigenvalue weighted by Gasteiger charge is -2.15. The van der Waals surface area contributed by atoms with Crippen LogP contribution in [0.4, 0.5) is 0 Å². The van der Waals surface area contributed by atoms with Crippen molar-refractivity contribution in [2.45, 2.75) is 13.0 Å². The van der Waals surface area contributed by atoms with E-state index in [2.05, 4.69) is 15.9 Å². The Balaban J connectivity index is 1.50. The van der Waals surface area contributed by atoms with E-state index < -0.39 is 12.1 Å². The van der Waals surface area contributed by atoms with Gasteiger partial charge in [-0.25, -0.2) is 4.79 Å². The summed E-state index contributed by atoms with van der Waals surface area (Å²) in [5, 5.41) is 0.997. The fraction of sp³-hybridized carbons (Fsp3) is 0.0833. The van der Waals surface area contributed by atoms with Gasteiger partial charge in [0.25, 0.3) is 0 Å². The second kappa shape index (κ2) is 9.87. The predicted molar refractivity (Wildman–Crippen MR) is 129 cm³/mol. The first-order chi connectivity index (χ1) is 15.8. The summed E-state index contributed by atoms with van der Waals surface area (Å²) in [6, 6.07) is 16.2. The summed E-state index contributed by atoms with van der Waals surface area (Å²) in [6.07, 6.45) is 0.260. The number of rotatable bonds is 6. The van der Waals surface area contributed by atoms with Gasteiger partial charge in [-0.1, -0.05) is 35.3 Å². The normalized spacial score (nSPS) is 11.8. The third kappa shape index (κ3) is 5.33. The van der Waals surface area contributed by atoms with Crippen LogP contribution in [0.15, 0.2) is 80.6 Å². The van der Waals surface area contributed by atoms with Gasteiger partial charge in [-0.05, 0) is 65.3 Å². The zero-order valence-corrected chi connectivity index (χ0v) is 20.1. The summed E-state index contributed by atoms with van der Waals surface area (Å²) in [7, 11) is 0. The van der Waals surface area contributed by atoms with Crippen LogP contribution in [0.25, 0.3) is 11.0 Å². The molecule has 6 nitrogen and oxygen atoms in total. The quantitative estimate of drug-likeness (QED) is 0.190. The van der Waals surface area contributed by atoms with Gasteiger partial charge in [-0.2, -0.15) is 0 Å². The van der Waals surface area contributed by atoms with E-state index in [-0.39, 0.29) is 32.9 Å². The Kier molecular flexibility index (Phi) is 6.93. The van der Waals surface area contributed by atoms with E-state index in [1.165, 1.54) is 37.5 Å². The average Bonchev–Trinajstić information content (AvgIpc) is 2.79. The number of para-hydroxylation sites is 1. The molecule has 1 atom stereocenters. The summed E-state index contributed by atoms with van der Waals surface area (Å²) in [6.45, 7) is 1.53. The standard InChI is InChI=1S/C24H15BrCl2O6/c1-13(31-20-9-6-14(26)10-18(20)27)24(29)32-15-7-8-16-21(11-15)30-12-22(23(16)28)33-19-5-3-2-4-17(19)25/h2-13H,1H3. The van der Waals surface area contributed by atoms with E-state index in [4.69, 9.17) is 41.8 Å². The third-order valence-electron chi connectivity index (χ3n) is 4.52. The highest BCUT2D eigenvalue weighted by atomic mass is 79.9. The minimum atomic E-state index is -0.952. The molecule has 33 heavy (non-hydrogen) atoms. The van der Waals surface area contributed by atoms with E-state index in [0.29, 0.717) is 21.0 Å². The highest BCUT2D eigenvalue weighted by Gasteiger charge is 2.20. The molecule has 1 heterocycles. The van der Waals surface area contributed by atoms with Gasteiger partial charge in [0.15, 0.2) is 6.10 Å². The van der Waals surface area contributed by atoms with Crippen molar-refractivity contribution in [2.24, 2.45) is 0 Å². The van der Waals surface area contributed by atoms with Crippen LogP contribution in [0.3, 0.4) is 0 Å². The number of ether oxygens (including phenoxy) is 3. The summed E-state index contributed by atoms with van der Waals surface area (Å²) in [5.41, 5.74) is -0.127. The van der Waals surface area contributed by atoms with Crippen LogP contribution in [0.5, 0.6) is 23.0 Å². The summed E-state index contributed by atoms with van der Waals surface area (Å²) in [5.74, 6) is 0.336. The maximum Gasteiger partial charge on any atom is 0.352 e. The van der Waals surface area contributed by atoms with Crippen LogP contribution in [-0.4, -0.2) is 12.1 Å². The van der Waals surface area contributed by atoms with E-state index in [9.17, 15) is 9.59 Å². The first-order valence-corrected chi connectivity index (χ1v) is 11.2. The summed E-state index contributed by atoms with van der Waals surface area (Å²) >= 11 is 15.3. The molecule has 0 aliphatic heterocycles. The molecule has 0 spiro atoms. The van der Waals surface area contributed by atoms with Gasteiger partial charge >= 0.3 is 5.97 Å². The molecular weight excluding hydrogens is 535 g/mol. The molecule has 0 N–H and O–H groups in total. The van der Waals surface area contributed by atoms with Crippen LogP contribution >= 0.6 is 39.1 Å². The summed E-state index contributed by atoms with van der Waals surface area (Å²) in [4.78, 5) is 25.2. The van der Waals surface area contributed by atoms with Crippen LogP contribution in [0.2, 0.25) is 10.0 Å². The Hall–Kier alpha value is -3.00. The smallest absolute Gasteiger partial charge is 0.352 e. The second-order valence-corrected chi connectivity index (χ2v) is 8.57. The van der Waals surface area contributed by atoms with Gasteiger partial charge in [0.1, 0.15) is 29.1 Å². The van der Waals surface area contributed by atoms with Crippen molar-refractivity contribution in [3.63, 3.8) is 0 Å². The highest BCUT2D eigenvalue weighted by molar-refractivity contribution is 9.10. The van der Waals surface area contributed by atoms with Gasteiger partial charge in [0.05, 0.1) is 14.9 Å². The lowest BCUT2D eigenvalue weighted by Crippen LogP contribution is -2.28. The van der Waals surface area contributed by atoms with Crippen molar-refractivity contribution < 1.29 is 23.4 Å². The molecule has 0 radical (unpaired) electrons. The first kappa shape index (κ1) is 23.2. The molecule has 0 bridgehead atoms. The minimum absolute atomic E-state index is 0.0287. The number of fused-ring (bicyclic) bond motifs is 1. The van der Waals surface area contributed by atoms with E-state index >= 15 is 0 Å². The molecule has 0 fully saturated rings. The SMILES string of the molecule is CC(Oc1ccc(Cl)cc1Cl)C(=O)Oc1ccc2c(=O)c(Oc3ccccc3Br)coc2c1. The van der Waals surface area contributed by atoms with Gasteiger partial charge in [-0.15, -0.1) is 0 Å². The second-order valence-electron chi connectivity index (χ2n) is 6.88. The Bertz CT molecular complexity index is 1400. The number of esters is 1. The highest BCUT2D eigenvalue weighted by Crippen LogP contribution is 2.30. The van der Waals surface area contributed by atoms with E-state index in [0.717, 1.165) is 0 Å². The monoisotopic (exact) mass is 548 g/mol. The largest absolute Gasteiger partial charge is 0.477 e. The Morgan fingerprint density at radius 2 is 1.79 bits per heavy atom. The third-order valence-corrected chi connectivity index (χ3v) is 5.70. The molecule has 0 saturated heterocycles. The fourth-order valence-electron chi connectivity index (χ4n) is 2.88. The molecule has 168 valence electrons. The van der Waals surface area contributed by atoms with E-state index in [1.54, 1.807) is 30.3 Å². The van der Waals surface area contributed by atoms with Crippen molar-refractivity contribution in [2.75, 3.05) is 0 Å². The first-order valence-electron chi connectivity index (χ1n) is 9.63. The Labute approximate surface area is 206 Å². The molecule has 0 amide bonds. The molecule has 3 aromatic carbocycles. The van der Waals surface area contributed by atoms with Gasteiger partial charge in [-0.3, -0.25) is 4.79 Å². The van der Waals surface area contributed by atoms with Crippen molar-refractivity contribution in [3.8, 4) is 23.0 Å².